The molecule has 1 aromatic heterocycles. The lowest BCUT2D eigenvalue weighted by molar-refractivity contribution is 0.650. The maximum absolute atomic E-state index is 5.27. The molecule has 2 nitrogen and oxygen atoms in total. The van der Waals surface area contributed by atoms with E-state index in [1.165, 1.54) is 32.2 Å². The lowest BCUT2D eigenvalue weighted by Gasteiger charge is -2.25. The molecule has 3 aromatic carbocycles. The molecule has 0 saturated carbocycles. The first-order valence-corrected chi connectivity index (χ1v) is 13.5. The molecule has 1 atom stereocenters. The number of hydrogen-bond acceptors (Lipinski definition) is 2. The highest BCUT2D eigenvalue weighted by atomic mass is 32.2. The molecule has 1 aliphatic carbocycles. The van der Waals surface area contributed by atoms with Crippen molar-refractivity contribution in [3.63, 3.8) is 0 Å². The molecule has 160 valence electrons. The standard InChI is InChI=1S/C28H27N2PS/c1-3-32-27-20-12-17-24(27)21(2)30-26-19-11-10-18-25(26)29-28(30)31(22-13-6-4-7-14-22)23-15-8-5-9-16-23/h4-16,18-21H,3,17H2,1-2H3/t21-/m0/s1. The van der Waals surface area contributed by atoms with Crippen LogP contribution in [0.5, 0.6) is 0 Å². The number of para-hydroxylation sites is 2. The van der Waals surface area contributed by atoms with Gasteiger partial charge in [0.05, 0.1) is 17.1 Å². The number of benzene rings is 3. The number of fused-ring (bicyclic) bond motifs is 1. The van der Waals surface area contributed by atoms with Gasteiger partial charge < -0.3 is 4.57 Å². The molecule has 0 fully saturated rings. The summed E-state index contributed by atoms with van der Waals surface area (Å²) in [5.74, 6) is 1.09. The number of rotatable bonds is 7. The molecule has 1 aliphatic rings. The highest BCUT2D eigenvalue weighted by molar-refractivity contribution is 8.03. The second-order valence-corrected chi connectivity index (χ2v) is 11.3. The fourth-order valence-corrected chi connectivity index (χ4v) is 7.78. The Morgan fingerprint density at radius 2 is 1.53 bits per heavy atom. The summed E-state index contributed by atoms with van der Waals surface area (Å²) in [6, 6.07) is 30.6. The van der Waals surface area contributed by atoms with E-state index in [0.717, 1.165) is 17.7 Å². The van der Waals surface area contributed by atoms with E-state index in [0.29, 0.717) is 0 Å². The molecule has 32 heavy (non-hydrogen) atoms. The quantitative estimate of drug-likeness (QED) is 0.304. The van der Waals surface area contributed by atoms with Gasteiger partial charge in [-0.1, -0.05) is 91.9 Å². The zero-order chi connectivity index (χ0) is 21.9. The first-order chi connectivity index (χ1) is 15.8. The Morgan fingerprint density at radius 1 is 0.906 bits per heavy atom. The number of aromatic nitrogens is 2. The molecule has 0 radical (unpaired) electrons. The van der Waals surface area contributed by atoms with Crippen LogP contribution in [0.3, 0.4) is 0 Å². The fourth-order valence-electron chi connectivity index (χ4n) is 4.43. The zero-order valence-electron chi connectivity index (χ0n) is 18.5. The van der Waals surface area contributed by atoms with Gasteiger partial charge >= 0.3 is 0 Å². The molecule has 0 N–H and O–H groups in total. The summed E-state index contributed by atoms with van der Waals surface area (Å²) in [6.45, 7) is 4.58. The van der Waals surface area contributed by atoms with Crippen LogP contribution in [-0.2, 0) is 0 Å². The van der Waals surface area contributed by atoms with Crippen molar-refractivity contribution in [2.75, 3.05) is 5.75 Å². The normalized spacial score (nSPS) is 14.6. The van der Waals surface area contributed by atoms with Crippen LogP contribution < -0.4 is 16.2 Å². The average Bonchev–Trinajstić information content (AvgIpc) is 3.45. The lowest BCUT2D eigenvalue weighted by atomic mass is 10.1. The van der Waals surface area contributed by atoms with Gasteiger partial charge in [0.25, 0.3) is 0 Å². The molecule has 4 heteroatoms. The minimum atomic E-state index is -0.781. The summed E-state index contributed by atoms with van der Waals surface area (Å²) < 4.78 is 2.51. The summed E-state index contributed by atoms with van der Waals surface area (Å²) in [4.78, 5) is 6.69. The first kappa shape index (κ1) is 21.2. The molecule has 0 amide bonds. The predicted molar refractivity (Wildman–Crippen MR) is 142 cm³/mol. The van der Waals surface area contributed by atoms with Gasteiger partial charge in [-0.05, 0) is 47.4 Å². The maximum atomic E-state index is 5.27. The minimum absolute atomic E-state index is 0.249. The van der Waals surface area contributed by atoms with Crippen molar-refractivity contribution in [3.05, 3.63) is 108 Å². The Morgan fingerprint density at radius 3 is 2.19 bits per heavy atom. The van der Waals surface area contributed by atoms with Gasteiger partial charge in [0.15, 0.2) is 0 Å². The Bertz CT molecular complexity index is 1240. The monoisotopic (exact) mass is 454 g/mol. The largest absolute Gasteiger partial charge is 0.317 e. The highest BCUT2D eigenvalue weighted by Gasteiger charge is 2.28. The van der Waals surface area contributed by atoms with E-state index in [2.05, 4.69) is 115 Å². The predicted octanol–water partition coefficient (Wildman–Crippen LogP) is 6.32. The van der Waals surface area contributed by atoms with Crippen LogP contribution in [0.4, 0.5) is 0 Å². The van der Waals surface area contributed by atoms with Gasteiger partial charge in [0.2, 0.25) is 0 Å². The summed E-state index contributed by atoms with van der Waals surface area (Å²) in [5, 5.41) is 2.67. The van der Waals surface area contributed by atoms with Crippen molar-refractivity contribution in [1.29, 1.82) is 0 Å². The van der Waals surface area contributed by atoms with E-state index >= 15 is 0 Å². The molecule has 5 rings (SSSR count). The highest BCUT2D eigenvalue weighted by Crippen LogP contribution is 2.40. The van der Waals surface area contributed by atoms with Gasteiger partial charge in [-0.25, -0.2) is 4.98 Å². The lowest BCUT2D eigenvalue weighted by Crippen LogP contribution is -2.30. The van der Waals surface area contributed by atoms with Crippen molar-refractivity contribution < 1.29 is 0 Å². The maximum Gasteiger partial charge on any atom is 0.142 e. The molecule has 0 saturated heterocycles. The number of thioether (sulfide) groups is 1. The van der Waals surface area contributed by atoms with Gasteiger partial charge in [-0.2, -0.15) is 0 Å². The van der Waals surface area contributed by atoms with Crippen LogP contribution >= 0.6 is 19.7 Å². The topological polar surface area (TPSA) is 17.8 Å². The van der Waals surface area contributed by atoms with E-state index in [9.17, 15) is 0 Å². The minimum Gasteiger partial charge on any atom is -0.317 e. The van der Waals surface area contributed by atoms with Crippen LogP contribution in [0.2, 0.25) is 0 Å². The van der Waals surface area contributed by atoms with E-state index in [-0.39, 0.29) is 6.04 Å². The van der Waals surface area contributed by atoms with Crippen molar-refractivity contribution in [1.82, 2.24) is 9.55 Å². The van der Waals surface area contributed by atoms with Crippen LogP contribution in [-0.4, -0.2) is 15.3 Å². The number of hydrogen-bond donors (Lipinski definition) is 0. The second kappa shape index (κ2) is 9.48. The number of nitrogens with zero attached hydrogens (tertiary/aromatic N) is 2. The van der Waals surface area contributed by atoms with Crippen LogP contribution in [0.1, 0.15) is 26.3 Å². The van der Waals surface area contributed by atoms with E-state index < -0.39 is 7.92 Å². The van der Waals surface area contributed by atoms with Crippen molar-refractivity contribution in [3.8, 4) is 0 Å². The molecule has 0 unspecified atom stereocenters. The third-order valence-electron chi connectivity index (χ3n) is 5.92. The Balaban J connectivity index is 1.74. The Labute approximate surface area is 195 Å². The summed E-state index contributed by atoms with van der Waals surface area (Å²) in [7, 11) is -0.781. The van der Waals surface area contributed by atoms with Crippen LogP contribution in [0, 0.1) is 0 Å². The van der Waals surface area contributed by atoms with Gasteiger partial charge in [-0.3, -0.25) is 0 Å². The van der Waals surface area contributed by atoms with Gasteiger partial charge in [0.1, 0.15) is 5.57 Å². The molecule has 0 bridgehead atoms. The van der Waals surface area contributed by atoms with Crippen LogP contribution in [0.25, 0.3) is 11.0 Å². The third-order valence-corrected chi connectivity index (χ3v) is 9.26. The summed E-state index contributed by atoms with van der Waals surface area (Å²) in [6.07, 6.45) is 5.62. The van der Waals surface area contributed by atoms with Crippen molar-refractivity contribution in [2.45, 2.75) is 26.3 Å². The first-order valence-electron chi connectivity index (χ1n) is 11.2. The Kier molecular flexibility index (Phi) is 6.30. The Hall–Kier alpha value is -2.61. The van der Waals surface area contributed by atoms with Gasteiger partial charge in [0, 0.05) is 12.8 Å². The SMILES string of the molecule is CCSC1=C([C@H](C)n2c(P(c3ccccc3)c3ccccc3)nc3ccccc32)CC=C1. The second-order valence-electron chi connectivity index (χ2n) is 7.88. The van der Waals surface area contributed by atoms with E-state index in [4.69, 9.17) is 4.98 Å². The third kappa shape index (κ3) is 3.96. The van der Waals surface area contributed by atoms with E-state index in [1.807, 2.05) is 11.8 Å². The molecule has 0 aliphatic heterocycles. The molecule has 1 heterocycles. The fraction of sp³-hybridized carbons (Fsp3) is 0.179. The molecule has 4 aromatic rings. The average molecular weight is 455 g/mol. The molecular weight excluding hydrogens is 427 g/mol. The number of allylic oxidation sites excluding steroid dienone is 3. The van der Waals surface area contributed by atoms with Gasteiger partial charge in [-0.15, -0.1) is 11.8 Å². The summed E-state index contributed by atoms with van der Waals surface area (Å²) >= 11 is 1.95. The van der Waals surface area contributed by atoms with Crippen LogP contribution in [0.15, 0.2) is 108 Å². The smallest absolute Gasteiger partial charge is 0.142 e. The van der Waals surface area contributed by atoms with E-state index in [1.54, 1.807) is 0 Å². The van der Waals surface area contributed by atoms with Crippen molar-refractivity contribution >= 4 is 46.9 Å². The molecular formula is C28H27N2PS. The molecule has 0 spiro atoms. The summed E-state index contributed by atoms with van der Waals surface area (Å²) in [5.41, 5.74) is 4.96. The zero-order valence-corrected chi connectivity index (χ0v) is 20.2. The van der Waals surface area contributed by atoms with Crippen molar-refractivity contribution in [2.24, 2.45) is 0 Å². The number of imidazole rings is 1.